The van der Waals surface area contributed by atoms with Crippen LogP contribution in [0.25, 0.3) is 0 Å². The normalized spacial score (nSPS) is 10.7. The Morgan fingerprint density at radius 2 is 1.92 bits per heavy atom. The highest BCUT2D eigenvalue weighted by molar-refractivity contribution is 5.71. The zero-order valence-corrected chi connectivity index (χ0v) is 15.0. The monoisotopic (exact) mass is 347 g/mol. The molecule has 0 aliphatic rings. The van der Waals surface area contributed by atoms with Gasteiger partial charge in [0.05, 0.1) is 33.6 Å². The number of aromatic nitrogens is 2. The molecule has 0 atom stereocenters. The van der Waals surface area contributed by atoms with Gasteiger partial charge in [0.15, 0.2) is 0 Å². The Morgan fingerprint density at radius 3 is 2.52 bits per heavy atom. The van der Waals surface area contributed by atoms with E-state index in [1.807, 2.05) is 42.4 Å². The number of hydrogen-bond acceptors (Lipinski definition) is 6. The third-order valence-electron chi connectivity index (χ3n) is 3.69. The molecule has 0 aliphatic carbocycles. The molecule has 0 unspecified atom stereocenters. The van der Waals surface area contributed by atoms with E-state index >= 15 is 0 Å². The van der Waals surface area contributed by atoms with Crippen molar-refractivity contribution in [3.63, 3.8) is 0 Å². The Kier molecular flexibility index (Phi) is 7.28. The Hall–Kier alpha value is -2.54. The van der Waals surface area contributed by atoms with Crippen LogP contribution in [0.3, 0.4) is 0 Å². The van der Waals surface area contributed by atoms with Crippen LogP contribution in [0, 0.1) is 0 Å². The van der Waals surface area contributed by atoms with Gasteiger partial charge in [-0.3, -0.25) is 14.4 Å². The highest BCUT2D eigenvalue weighted by Crippen LogP contribution is 2.17. The van der Waals surface area contributed by atoms with Crippen LogP contribution in [-0.2, 0) is 23.1 Å². The molecule has 0 saturated carbocycles. The smallest absolute Gasteiger partial charge is 0.319 e. The molecule has 0 N–H and O–H groups in total. The molecule has 2 aromatic rings. The van der Waals surface area contributed by atoms with Crippen molar-refractivity contribution in [2.45, 2.75) is 13.0 Å². The van der Waals surface area contributed by atoms with E-state index in [0.29, 0.717) is 13.2 Å². The van der Waals surface area contributed by atoms with Gasteiger partial charge in [0.2, 0.25) is 0 Å². The molecule has 0 saturated heterocycles. The first-order valence-electron chi connectivity index (χ1n) is 8.14. The van der Waals surface area contributed by atoms with E-state index in [4.69, 9.17) is 14.2 Å². The standard InChI is InChI=1S/C18H25N3O4/c1-20-12-15(11-19-20)13-21(14-18(22)24-3)9-4-10-25-17-7-5-16(23-2)6-8-17/h5-8,11-12H,4,9-10,13-14H2,1-3H3. The summed E-state index contributed by atoms with van der Waals surface area (Å²) in [4.78, 5) is 13.6. The molecule has 2 rings (SSSR count). The van der Waals surface area contributed by atoms with Crippen LogP contribution >= 0.6 is 0 Å². The minimum absolute atomic E-state index is 0.244. The molecule has 0 fully saturated rings. The number of ether oxygens (including phenoxy) is 3. The third-order valence-corrected chi connectivity index (χ3v) is 3.69. The first-order valence-corrected chi connectivity index (χ1v) is 8.14. The van der Waals surface area contributed by atoms with E-state index in [1.54, 1.807) is 18.0 Å². The molecule has 136 valence electrons. The number of aryl methyl sites for hydroxylation is 1. The number of carbonyl (C=O) groups excluding carboxylic acids is 1. The lowest BCUT2D eigenvalue weighted by Gasteiger charge is -2.20. The predicted octanol–water partition coefficient (Wildman–Crippen LogP) is 1.87. The summed E-state index contributed by atoms with van der Waals surface area (Å²) < 4.78 is 17.4. The van der Waals surface area contributed by atoms with E-state index in [9.17, 15) is 4.79 Å². The lowest BCUT2D eigenvalue weighted by molar-refractivity contribution is -0.142. The molecule has 1 heterocycles. The Morgan fingerprint density at radius 1 is 1.20 bits per heavy atom. The molecule has 1 aromatic heterocycles. The lowest BCUT2D eigenvalue weighted by atomic mass is 10.3. The van der Waals surface area contributed by atoms with Gasteiger partial charge in [-0.25, -0.2) is 0 Å². The van der Waals surface area contributed by atoms with Crippen molar-refractivity contribution in [1.29, 1.82) is 0 Å². The number of nitrogens with zero attached hydrogens (tertiary/aromatic N) is 3. The number of esters is 1. The zero-order valence-electron chi connectivity index (χ0n) is 15.0. The van der Waals surface area contributed by atoms with Gasteiger partial charge < -0.3 is 14.2 Å². The zero-order chi connectivity index (χ0) is 18.1. The van der Waals surface area contributed by atoms with Crippen LogP contribution < -0.4 is 9.47 Å². The van der Waals surface area contributed by atoms with Gasteiger partial charge in [-0.2, -0.15) is 5.10 Å². The number of methoxy groups -OCH3 is 2. The average molecular weight is 347 g/mol. The summed E-state index contributed by atoms with van der Waals surface area (Å²) in [6.45, 7) is 2.18. The summed E-state index contributed by atoms with van der Waals surface area (Å²) in [6.07, 6.45) is 4.54. The van der Waals surface area contributed by atoms with Gasteiger partial charge in [0.25, 0.3) is 0 Å². The Labute approximate surface area is 148 Å². The fourth-order valence-corrected chi connectivity index (χ4v) is 2.42. The molecule has 0 spiro atoms. The number of rotatable bonds is 10. The summed E-state index contributed by atoms with van der Waals surface area (Å²) in [5, 5.41) is 4.16. The molecule has 0 bridgehead atoms. The Bertz CT molecular complexity index is 655. The van der Waals surface area contributed by atoms with Crippen LogP contribution in [0.1, 0.15) is 12.0 Å². The van der Waals surface area contributed by atoms with Crippen molar-refractivity contribution in [1.82, 2.24) is 14.7 Å². The summed E-state index contributed by atoms with van der Waals surface area (Å²) in [7, 11) is 4.90. The lowest BCUT2D eigenvalue weighted by Crippen LogP contribution is -2.31. The maximum absolute atomic E-state index is 11.6. The van der Waals surface area contributed by atoms with Crippen molar-refractivity contribution in [3.8, 4) is 11.5 Å². The van der Waals surface area contributed by atoms with Gasteiger partial charge >= 0.3 is 5.97 Å². The maximum Gasteiger partial charge on any atom is 0.319 e. The fraction of sp³-hybridized carbons (Fsp3) is 0.444. The molecule has 1 aromatic carbocycles. The highest BCUT2D eigenvalue weighted by Gasteiger charge is 2.12. The predicted molar refractivity (Wildman–Crippen MR) is 93.6 cm³/mol. The molecular formula is C18H25N3O4. The summed E-state index contributed by atoms with van der Waals surface area (Å²) >= 11 is 0. The fourth-order valence-electron chi connectivity index (χ4n) is 2.42. The number of hydrogen-bond donors (Lipinski definition) is 0. The van der Waals surface area contributed by atoms with Crippen molar-refractivity contribution in [2.24, 2.45) is 7.05 Å². The van der Waals surface area contributed by atoms with E-state index in [0.717, 1.165) is 30.0 Å². The van der Waals surface area contributed by atoms with Crippen LogP contribution in [0.2, 0.25) is 0 Å². The van der Waals surface area contributed by atoms with Crippen molar-refractivity contribution in [2.75, 3.05) is 33.9 Å². The van der Waals surface area contributed by atoms with Crippen molar-refractivity contribution in [3.05, 3.63) is 42.2 Å². The van der Waals surface area contributed by atoms with E-state index in [1.165, 1.54) is 7.11 Å². The molecule has 0 aliphatic heterocycles. The van der Waals surface area contributed by atoms with Crippen LogP contribution in [0.15, 0.2) is 36.7 Å². The Balaban J connectivity index is 1.80. The first-order chi connectivity index (χ1) is 12.1. The number of carbonyl (C=O) groups is 1. The molecular weight excluding hydrogens is 322 g/mol. The molecule has 0 amide bonds. The number of benzene rings is 1. The molecule has 0 radical (unpaired) electrons. The third kappa shape index (κ3) is 6.46. The summed E-state index contributed by atoms with van der Waals surface area (Å²) in [6, 6.07) is 7.48. The topological polar surface area (TPSA) is 65.8 Å². The van der Waals surface area contributed by atoms with E-state index in [-0.39, 0.29) is 12.5 Å². The van der Waals surface area contributed by atoms with Gasteiger partial charge in [-0.15, -0.1) is 0 Å². The van der Waals surface area contributed by atoms with Gasteiger partial charge in [-0.1, -0.05) is 0 Å². The maximum atomic E-state index is 11.6. The molecule has 25 heavy (non-hydrogen) atoms. The van der Waals surface area contributed by atoms with Gasteiger partial charge in [0.1, 0.15) is 11.5 Å². The molecule has 7 heteroatoms. The minimum atomic E-state index is -0.250. The van der Waals surface area contributed by atoms with E-state index < -0.39 is 0 Å². The van der Waals surface area contributed by atoms with Gasteiger partial charge in [0, 0.05) is 31.9 Å². The van der Waals surface area contributed by atoms with E-state index in [2.05, 4.69) is 5.10 Å². The first kappa shape index (κ1) is 18.8. The van der Waals surface area contributed by atoms with Gasteiger partial charge in [-0.05, 0) is 30.7 Å². The van der Waals surface area contributed by atoms with Crippen LogP contribution in [0.4, 0.5) is 0 Å². The molecule has 7 nitrogen and oxygen atoms in total. The SMILES string of the molecule is COC(=O)CN(CCCOc1ccc(OC)cc1)Cc1cnn(C)c1. The summed E-state index contributed by atoms with van der Waals surface area (Å²) in [5.41, 5.74) is 1.06. The highest BCUT2D eigenvalue weighted by atomic mass is 16.5. The second-order valence-corrected chi connectivity index (χ2v) is 5.69. The second kappa shape index (κ2) is 9.68. The quantitative estimate of drug-likeness (QED) is 0.483. The van der Waals surface area contributed by atoms with Crippen molar-refractivity contribution < 1.29 is 19.0 Å². The second-order valence-electron chi connectivity index (χ2n) is 5.69. The van der Waals surface area contributed by atoms with Crippen molar-refractivity contribution >= 4 is 5.97 Å². The van der Waals surface area contributed by atoms with Crippen LogP contribution in [0.5, 0.6) is 11.5 Å². The average Bonchev–Trinajstić information content (AvgIpc) is 3.03. The summed E-state index contributed by atoms with van der Waals surface area (Å²) in [5.74, 6) is 1.35. The van der Waals surface area contributed by atoms with Crippen LogP contribution in [-0.4, -0.2) is 54.6 Å². The minimum Gasteiger partial charge on any atom is -0.497 e. The largest absolute Gasteiger partial charge is 0.497 e.